The van der Waals surface area contributed by atoms with Crippen LogP contribution in [0.1, 0.15) is 23.0 Å². The lowest BCUT2D eigenvalue weighted by Gasteiger charge is -2.10. The van der Waals surface area contributed by atoms with E-state index in [-0.39, 0.29) is 10.8 Å². The summed E-state index contributed by atoms with van der Waals surface area (Å²) in [5.74, 6) is -0.891. The summed E-state index contributed by atoms with van der Waals surface area (Å²) in [5.41, 5.74) is 4.26. The van der Waals surface area contributed by atoms with Crippen molar-refractivity contribution in [3.63, 3.8) is 0 Å². The van der Waals surface area contributed by atoms with Gasteiger partial charge < -0.3 is 11.1 Å². The average Bonchev–Trinajstić information content (AvgIpc) is 2.63. The van der Waals surface area contributed by atoms with E-state index >= 15 is 0 Å². The molecule has 0 radical (unpaired) electrons. The lowest BCUT2D eigenvalue weighted by molar-refractivity contribution is -0.120. The third-order valence-electron chi connectivity index (χ3n) is 2.73. The maximum Gasteiger partial charge on any atom is 0.260 e. The highest BCUT2D eigenvalue weighted by molar-refractivity contribution is 7.17. The predicted molar refractivity (Wildman–Crippen MR) is 66.4 cm³/mol. The molecule has 17 heavy (non-hydrogen) atoms. The maximum absolute atomic E-state index is 11.9. The van der Waals surface area contributed by atoms with E-state index in [0.717, 1.165) is 11.3 Å². The van der Waals surface area contributed by atoms with Gasteiger partial charge in [-0.2, -0.15) is 0 Å². The summed E-state index contributed by atoms with van der Waals surface area (Å²) in [6.45, 7) is 1.67. The van der Waals surface area contributed by atoms with Crippen molar-refractivity contribution in [1.29, 1.82) is 0 Å². The van der Waals surface area contributed by atoms with Gasteiger partial charge in [0.25, 0.3) is 5.91 Å². The van der Waals surface area contributed by atoms with Crippen LogP contribution < -0.4 is 11.1 Å². The number of hydrogen-bond acceptors (Lipinski definition) is 4. The number of nitrogens with zero attached hydrogens (tertiary/aromatic N) is 1. The maximum atomic E-state index is 11.9. The molecule has 1 aliphatic rings. The first-order valence-electron chi connectivity index (χ1n) is 4.71. The molecular formula is C9H9Cl2N3O2S. The zero-order valence-corrected chi connectivity index (χ0v) is 11.1. The molecule has 0 saturated heterocycles. The molecular weight excluding hydrogens is 285 g/mol. The standard InChI is InChI=1S/C9H9Cl2N3O2S/c1-8(3-9(8,10)11)6(16)14-7-13-2-4(17-7)5(12)15/h2H,3H2,1H3,(H2,12,15)(H,13,14,16). The Morgan fingerprint density at radius 3 is 2.59 bits per heavy atom. The molecule has 1 fully saturated rings. The van der Waals surface area contributed by atoms with E-state index in [2.05, 4.69) is 10.3 Å². The molecule has 2 rings (SSSR count). The molecule has 3 N–H and O–H groups in total. The second kappa shape index (κ2) is 3.83. The second-order valence-electron chi connectivity index (χ2n) is 4.06. The number of halogens is 2. The molecule has 2 amide bonds. The van der Waals surface area contributed by atoms with Crippen LogP contribution in [-0.4, -0.2) is 21.1 Å². The smallest absolute Gasteiger partial charge is 0.260 e. The summed E-state index contributed by atoms with van der Waals surface area (Å²) in [7, 11) is 0. The highest BCUT2D eigenvalue weighted by Gasteiger charge is 2.68. The van der Waals surface area contributed by atoms with Crippen LogP contribution >= 0.6 is 34.5 Å². The Kier molecular flexibility index (Phi) is 2.84. The van der Waals surface area contributed by atoms with Gasteiger partial charge in [-0.25, -0.2) is 4.98 Å². The van der Waals surface area contributed by atoms with Gasteiger partial charge in [0, 0.05) is 0 Å². The van der Waals surface area contributed by atoms with Crippen LogP contribution in [0.5, 0.6) is 0 Å². The van der Waals surface area contributed by atoms with Crippen LogP contribution in [0.15, 0.2) is 6.20 Å². The molecule has 1 saturated carbocycles. The Morgan fingerprint density at radius 1 is 1.59 bits per heavy atom. The van der Waals surface area contributed by atoms with Crippen molar-refractivity contribution < 1.29 is 9.59 Å². The Morgan fingerprint density at radius 2 is 2.18 bits per heavy atom. The van der Waals surface area contributed by atoms with Gasteiger partial charge in [0.1, 0.15) is 9.21 Å². The fourth-order valence-corrected chi connectivity index (χ4v) is 2.70. The van der Waals surface area contributed by atoms with Crippen LogP contribution in [0.2, 0.25) is 0 Å². The van der Waals surface area contributed by atoms with Gasteiger partial charge in [-0.1, -0.05) is 11.3 Å². The fourth-order valence-electron chi connectivity index (χ4n) is 1.33. The van der Waals surface area contributed by atoms with E-state index in [0.29, 0.717) is 11.6 Å². The minimum absolute atomic E-state index is 0.282. The second-order valence-corrected chi connectivity index (χ2v) is 6.58. The first-order chi connectivity index (χ1) is 7.76. The van der Waals surface area contributed by atoms with Crippen molar-refractivity contribution in [3.05, 3.63) is 11.1 Å². The molecule has 1 unspecified atom stereocenters. The van der Waals surface area contributed by atoms with Gasteiger partial charge in [0.05, 0.1) is 11.6 Å². The quantitative estimate of drug-likeness (QED) is 0.833. The number of aromatic nitrogens is 1. The van der Waals surface area contributed by atoms with Crippen molar-refractivity contribution in [2.75, 3.05) is 5.32 Å². The minimum atomic E-state index is -1.03. The molecule has 0 aliphatic heterocycles. The van der Waals surface area contributed by atoms with Gasteiger partial charge >= 0.3 is 0 Å². The number of nitrogens with two attached hydrogens (primary N) is 1. The van der Waals surface area contributed by atoms with E-state index in [1.54, 1.807) is 6.92 Å². The number of primary amides is 1. The Hall–Kier alpha value is -0.850. The molecule has 1 aliphatic carbocycles. The molecule has 1 atom stereocenters. The normalized spacial score (nSPS) is 25.4. The van der Waals surface area contributed by atoms with Crippen molar-refractivity contribution in [2.24, 2.45) is 11.1 Å². The molecule has 0 aromatic carbocycles. The molecule has 1 aromatic rings. The minimum Gasteiger partial charge on any atom is -0.365 e. The van der Waals surface area contributed by atoms with Crippen molar-refractivity contribution >= 4 is 51.5 Å². The number of rotatable bonds is 3. The van der Waals surface area contributed by atoms with Crippen molar-refractivity contribution in [1.82, 2.24) is 4.98 Å². The monoisotopic (exact) mass is 293 g/mol. The average molecular weight is 294 g/mol. The van der Waals surface area contributed by atoms with Crippen LogP contribution in [0.25, 0.3) is 0 Å². The first kappa shape index (κ1) is 12.6. The molecule has 0 bridgehead atoms. The van der Waals surface area contributed by atoms with E-state index in [9.17, 15) is 9.59 Å². The van der Waals surface area contributed by atoms with Crippen molar-refractivity contribution in [3.8, 4) is 0 Å². The van der Waals surface area contributed by atoms with Gasteiger partial charge in [-0.3, -0.25) is 9.59 Å². The lowest BCUT2D eigenvalue weighted by Crippen LogP contribution is -2.25. The fraction of sp³-hybridized carbons (Fsp3) is 0.444. The SMILES string of the molecule is CC1(C(=O)Nc2ncc(C(N)=O)s2)CC1(Cl)Cl. The summed E-state index contributed by atoms with van der Waals surface area (Å²) in [6.07, 6.45) is 1.70. The predicted octanol–water partition coefficient (Wildman–Crippen LogP) is 1.76. The number of amides is 2. The number of thiazole rings is 1. The molecule has 8 heteroatoms. The summed E-state index contributed by atoms with van der Waals surface area (Å²) in [5, 5.41) is 2.87. The summed E-state index contributed by atoms with van der Waals surface area (Å²) < 4.78 is -1.03. The Labute approximate surface area is 111 Å². The third-order valence-corrected chi connectivity index (χ3v) is 4.76. The summed E-state index contributed by atoms with van der Waals surface area (Å²) in [4.78, 5) is 26.9. The number of alkyl halides is 2. The van der Waals surface area contributed by atoms with Crippen LogP contribution in [-0.2, 0) is 4.79 Å². The molecule has 5 nitrogen and oxygen atoms in total. The highest BCUT2D eigenvalue weighted by Crippen LogP contribution is 2.64. The van der Waals surface area contributed by atoms with Crippen LogP contribution in [0, 0.1) is 5.41 Å². The molecule has 1 heterocycles. The largest absolute Gasteiger partial charge is 0.365 e. The Balaban J connectivity index is 2.07. The van der Waals surface area contributed by atoms with E-state index in [1.165, 1.54) is 6.20 Å². The zero-order valence-electron chi connectivity index (χ0n) is 8.79. The third kappa shape index (κ3) is 2.12. The summed E-state index contributed by atoms with van der Waals surface area (Å²) >= 11 is 12.8. The highest BCUT2D eigenvalue weighted by atomic mass is 35.5. The van der Waals surface area contributed by atoms with E-state index in [4.69, 9.17) is 28.9 Å². The lowest BCUT2D eigenvalue weighted by atomic mass is 10.1. The zero-order chi connectivity index (χ0) is 12.8. The molecule has 0 spiro atoms. The molecule has 92 valence electrons. The van der Waals surface area contributed by atoms with Gasteiger partial charge in [0.15, 0.2) is 5.13 Å². The van der Waals surface area contributed by atoms with Gasteiger partial charge in [0.2, 0.25) is 5.91 Å². The van der Waals surface area contributed by atoms with Gasteiger partial charge in [-0.15, -0.1) is 23.2 Å². The molecule has 1 aromatic heterocycles. The van der Waals surface area contributed by atoms with Crippen LogP contribution in [0.4, 0.5) is 5.13 Å². The number of carbonyl (C=O) groups is 2. The summed E-state index contributed by atoms with van der Waals surface area (Å²) in [6, 6.07) is 0. The van der Waals surface area contributed by atoms with Crippen LogP contribution in [0.3, 0.4) is 0 Å². The Bertz CT molecular complexity index is 502. The first-order valence-corrected chi connectivity index (χ1v) is 6.28. The van der Waals surface area contributed by atoms with Crippen molar-refractivity contribution in [2.45, 2.75) is 17.7 Å². The topological polar surface area (TPSA) is 85.1 Å². The number of nitrogens with one attached hydrogen (secondary N) is 1. The van der Waals surface area contributed by atoms with E-state index in [1.807, 2.05) is 0 Å². The van der Waals surface area contributed by atoms with E-state index < -0.39 is 15.7 Å². The van der Waals surface area contributed by atoms with Gasteiger partial charge in [-0.05, 0) is 13.3 Å². The number of anilines is 1. The number of hydrogen-bond donors (Lipinski definition) is 2. The number of carbonyl (C=O) groups excluding carboxylic acids is 2.